The number of amides is 1. The Morgan fingerprint density at radius 2 is 2.00 bits per heavy atom. The van der Waals surface area contributed by atoms with E-state index < -0.39 is 0 Å². The Hall–Kier alpha value is -2.40. The molecule has 0 spiro atoms. The van der Waals surface area contributed by atoms with E-state index in [-0.39, 0.29) is 11.9 Å². The molecule has 3 N–H and O–H groups in total. The third kappa shape index (κ3) is 5.38. The van der Waals surface area contributed by atoms with Crippen LogP contribution in [0.1, 0.15) is 24.5 Å². The number of pyridine rings is 1. The molecule has 2 rings (SSSR count). The molecule has 23 heavy (non-hydrogen) atoms. The van der Waals surface area contributed by atoms with E-state index >= 15 is 0 Å². The summed E-state index contributed by atoms with van der Waals surface area (Å²) in [5, 5.41) is 2.90. The Morgan fingerprint density at radius 3 is 2.70 bits per heavy atom. The molecule has 122 valence electrons. The molecule has 0 saturated carbocycles. The van der Waals surface area contributed by atoms with Crippen LogP contribution in [0.4, 0.5) is 5.82 Å². The van der Waals surface area contributed by atoms with Crippen molar-refractivity contribution in [2.24, 2.45) is 5.73 Å². The summed E-state index contributed by atoms with van der Waals surface area (Å²) in [4.78, 5) is 18.3. The molecule has 5 heteroatoms. The molecule has 0 aliphatic carbocycles. The van der Waals surface area contributed by atoms with Crippen molar-refractivity contribution in [2.75, 3.05) is 11.9 Å². The number of anilines is 1. The van der Waals surface area contributed by atoms with E-state index in [9.17, 15) is 4.79 Å². The molecule has 1 aromatic carbocycles. The van der Waals surface area contributed by atoms with E-state index in [0.717, 1.165) is 17.9 Å². The summed E-state index contributed by atoms with van der Waals surface area (Å²) in [5.74, 6) is 0.831. The lowest BCUT2D eigenvalue weighted by Crippen LogP contribution is -2.30. The molecule has 1 aromatic heterocycles. The monoisotopic (exact) mass is 312 g/mol. The smallest absolute Gasteiger partial charge is 0.221 e. The minimum Gasteiger partial charge on any atom is -0.355 e. The largest absolute Gasteiger partial charge is 0.355 e. The molecule has 0 saturated heterocycles. The molecule has 0 bridgehead atoms. The highest BCUT2D eigenvalue weighted by molar-refractivity contribution is 5.76. The number of carbonyl (C=O) groups excluding carboxylic acids is 1. The third-order valence-electron chi connectivity index (χ3n) is 3.48. The number of hydrogen-bond donors (Lipinski definition) is 2. The summed E-state index contributed by atoms with van der Waals surface area (Å²) in [7, 11) is 2.00. The van der Waals surface area contributed by atoms with Crippen LogP contribution in [0.15, 0.2) is 48.7 Å². The van der Waals surface area contributed by atoms with Crippen LogP contribution in [-0.2, 0) is 17.9 Å². The molecule has 1 amide bonds. The van der Waals surface area contributed by atoms with Crippen LogP contribution >= 0.6 is 0 Å². The average molecular weight is 312 g/mol. The molecule has 0 unspecified atom stereocenters. The minimum absolute atomic E-state index is 0.0412. The molecule has 0 fully saturated rings. The van der Waals surface area contributed by atoms with Crippen molar-refractivity contribution < 1.29 is 4.79 Å². The molecule has 2 aromatic rings. The van der Waals surface area contributed by atoms with Gasteiger partial charge in [-0.05, 0) is 18.6 Å². The topological polar surface area (TPSA) is 71.2 Å². The predicted molar refractivity (Wildman–Crippen MR) is 92.9 cm³/mol. The maximum absolute atomic E-state index is 11.8. The number of aromatic nitrogens is 1. The van der Waals surface area contributed by atoms with Crippen LogP contribution in [0.2, 0.25) is 0 Å². The first-order chi connectivity index (χ1) is 11.1. The fourth-order valence-corrected chi connectivity index (χ4v) is 2.40. The second-order valence-corrected chi connectivity index (χ2v) is 5.79. The number of rotatable bonds is 7. The van der Waals surface area contributed by atoms with Gasteiger partial charge in [-0.2, -0.15) is 0 Å². The van der Waals surface area contributed by atoms with Crippen molar-refractivity contribution in [1.82, 2.24) is 10.3 Å². The fraction of sp³-hybridized carbons (Fsp3) is 0.333. The van der Waals surface area contributed by atoms with E-state index in [1.807, 2.05) is 44.3 Å². The van der Waals surface area contributed by atoms with Gasteiger partial charge < -0.3 is 16.0 Å². The van der Waals surface area contributed by atoms with E-state index in [1.54, 1.807) is 6.20 Å². The van der Waals surface area contributed by atoms with Crippen LogP contribution in [0.5, 0.6) is 0 Å². The lowest BCUT2D eigenvalue weighted by atomic mass is 10.2. The number of benzene rings is 1. The average Bonchev–Trinajstić information content (AvgIpc) is 2.53. The first-order valence-electron chi connectivity index (χ1n) is 7.77. The first kappa shape index (κ1) is 17.0. The summed E-state index contributed by atoms with van der Waals surface area (Å²) in [5.41, 5.74) is 7.85. The zero-order valence-electron chi connectivity index (χ0n) is 13.7. The normalized spacial score (nSPS) is 11.8. The molecular weight excluding hydrogens is 288 g/mol. The van der Waals surface area contributed by atoms with Gasteiger partial charge in [-0.3, -0.25) is 4.79 Å². The second kappa shape index (κ2) is 8.29. The SMILES string of the molecule is C[C@H](N)CC(=O)NCc1cccnc1N(C)Cc1ccccc1. The van der Waals surface area contributed by atoms with Gasteiger partial charge in [0.15, 0.2) is 0 Å². The number of nitrogens with zero attached hydrogens (tertiary/aromatic N) is 2. The number of carbonyl (C=O) groups is 1. The van der Waals surface area contributed by atoms with Crippen LogP contribution in [0.25, 0.3) is 0 Å². The number of hydrogen-bond acceptors (Lipinski definition) is 4. The summed E-state index contributed by atoms with van der Waals surface area (Å²) >= 11 is 0. The van der Waals surface area contributed by atoms with Gasteiger partial charge in [0.2, 0.25) is 5.91 Å². The highest BCUT2D eigenvalue weighted by Gasteiger charge is 2.11. The van der Waals surface area contributed by atoms with Crippen molar-refractivity contribution in [1.29, 1.82) is 0 Å². The lowest BCUT2D eigenvalue weighted by Gasteiger charge is -2.21. The van der Waals surface area contributed by atoms with Gasteiger partial charge in [0.25, 0.3) is 0 Å². The Balaban J connectivity index is 2.03. The van der Waals surface area contributed by atoms with Gasteiger partial charge >= 0.3 is 0 Å². The molecular formula is C18H24N4O. The van der Waals surface area contributed by atoms with Crippen molar-refractivity contribution in [3.05, 3.63) is 59.8 Å². The third-order valence-corrected chi connectivity index (χ3v) is 3.48. The van der Waals surface area contributed by atoms with Crippen LogP contribution < -0.4 is 16.0 Å². The molecule has 1 atom stereocenters. The van der Waals surface area contributed by atoms with Gasteiger partial charge in [0.1, 0.15) is 5.82 Å². The van der Waals surface area contributed by atoms with Crippen molar-refractivity contribution >= 4 is 11.7 Å². The van der Waals surface area contributed by atoms with Crippen LogP contribution in [-0.4, -0.2) is 24.0 Å². The van der Waals surface area contributed by atoms with Gasteiger partial charge in [-0.25, -0.2) is 4.98 Å². The fourth-order valence-electron chi connectivity index (χ4n) is 2.40. The Labute approximate surface area is 137 Å². The second-order valence-electron chi connectivity index (χ2n) is 5.79. The van der Waals surface area contributed by atoms with Crippen molar-refractivity contribution in [2.45, 2.75) is 32.5 Å². The number of nitrogens with one attached hydrogen (secondary N) is 1. The Kier molecular flexibility index (Phi) is 6.11. The lowest BCUT2D eigenvalue weighted by molar-refractivity contribution is -0.121. The molecule has 5 nitrogen and oxygen atoms in total. The summed E-state index contributed by atoms with van der Waals surface area (Å²) in [6, 6.07) is 14.0. The van der Waals surface area contributed by atoms with E-state index in [4.69, 9.17) is 5.73 Å². The van der Waals surface area contributed by atoms with E-state index in [1.165, 1.54) is 5.56 Å². The maximum atomic E-state index is 11.8. The zero-order valence-corrected chi connectivity index (χ0v) is 13.7. The van der Waals surface area contributed by atoms with Crippen LogP contribution in [0.3, 0.4) is 0 Å². The molecule has 0 aliphatic rings. The molecule has 0 radical (unpaired) electrons. The summed E-state index contributed by atoms with van der Waals surface area (Å²) in [6.07, 6.45) is 2.10. The van der Waals surface area contributed by atoms with Gasteiger partial charge in [0, 0.05) is 44.4 Å². The Morgan fingerprint density at radius 1 is 1.26 bits per heavy atom. The van der Waals surface area contributed by atoms with Gasteiger partial charge in [-0.15, -0.1) is 0 Å². The zero-order chi connectivity index (χ0) is 16.7. The predicted octanol–water partition coefficient (Wildman–Crippen LogP) is 2.07. The van der Waals surface area contributed by atoms with E-state index in [0.29, 0.717) is 13.0 Å². The highest BCUT2D eigenvalue weighted by Crippen LogP contribution is 2.18. The van der Waals surface area contributed by atoms with Crippen molar-refractivity contribution in [3.63, 3.8) is 0 Å². The molecule has 1 heterocycles. The quantitative estimate of drug-likeness (QED) is 0.821. The summed E-state index contributed by atoms with van der Waals surface area (Å²) in [6.45, 7) is 3.04. The molecule has 0 aliphatic heterocycles. The van der Waals surface area contributed by atoms with E-state index in [2.05, 4.69) is 27.3 Å². The van der Waals surface area contributed by atoms with Gasteiger partial charge in [0.05, 0.1) is 0 Å². The van der Waals surface area contributed by atoms with Gasteiger partial charge in [-0.1, -0.05) is 36.4 Å². The Bertz CT molecular complexity index is 628. The first-order valence-corrected chi connectivity index (χ1v) is 7.77. The van der Waals surface area contributed by atoms with Crippen LogP contribution in [0, 0.1) is 0 Å². The minimum atomic E-state index is -0.135. The highest BCUT2D eigenvalue weighted by atomic mass is 16.1. The summed E-state index contributed by atoms with van der Waals surface area (Å²) < 4.78 is 0. The van der Waals surface area contributed by atoms with Crippen molar-refractivity contribution in [3.8, 4) is 0 Å². The standard InChI is InChI=1S/C18H24N4O/c1-14(19)11-17(23)21-12-16-9-6-10-20-18(16)22(2)13-15-7-4-3-5-8-15/h3-10,14H,11-13,19H2,1-2H3,(H,21,23)/t14-/m0/s1. The maximum Gasteiger partial charge on any atom is 0.221 e. The number of nitrogens with two attached hydrogens (primary N) is 1.